The van der Waals surface area contributed by atoms with Crippen molar-refractivity contribution in [2.75, 3.05) is 29.8 Å². The van der Waals surface area contributed by atoms with Crippen molar-refractivity contribution in [3.8, 4) is 0 Å². The summed E-state index contributed by atoms with van der Waals surface area (Å²) in [6.07, 6.45) is 1.42. The van der Waals surface area contributed by atoms with Gasteiger partial charge in [0.1, 0.15) is 0 Å². The fourth-order valence-electron chi connectivity index (χ4n) is 3.46. The molecule has 0 aliphatic carbocycles. The fraction of sp³-hybridized carbons (Fsp3) is 0.368. The van der Waals surface area contributed by atoms with Gasteiger partial charge in [0.2, 0.25) is 10.0 Å². The molecule has 0 radical (unpaired) electrons. The van der Waals surface area contributed by atoms with E-state index in [2.05, 4.69) is 0 Å². The second kappa shape index (κ2) is 7.56. The van der Waals surface area contributed by atoms with E-state index in [0.29, 0.717) is 31.7 Å². The van der Waals surface area contributed by atoms with Crippen LogP contribution in [-0.4, -0.2) is 50.6 Å². The third kappa shape index (κ3) is 3.77. The lowest BCUT2D eigenvalue weighted by Gasteiger charge is -2.26. The minimum absolute atomic E-state index is 0.141. The SMILES string of the molecule is O=C(OCC(=O)N1CCc2sccc2C1)c1ccc(N2CCCS2(=O)=O)cc1. The number of carbonyl (C=O) groups is 2. The second-order valence-electron chi connectivity index (χ2n) is 6.80. The topological polar surface area (TPSA) is 84.0 Å². The summed E-state index contributed by atoms with van der Waals surface area (Å²) in [6.45, 7) is 1.32. The Labute approximate surface area is 167 Å². The Morgan fingerprint density at radius 2 is 1.89 bits per heavy atom. The van der Waals surface area contributed by atoms with Crippen LogP contribution in [0.4, 0.5) is 5.69 Å². The van der Waals surface area contributed by atoms with Crippen LogP contribution in [0.25, 0.3) is 0 Å². The molecule has 1 aromatic carbocycles. The summed E-state index contributed by atoms with van der Waals surface area (Å²) in [7, 11) is -3.26. The molecule has 0 spiro atoms. The summed E-state index contributed by atoms with van der Waals surface area (Å²) in [5.41, 5.74) is 1.97. The number of hydrogen-bond acceptors (Lipinski definition) is 6. The molecule has 2 aliphatic rings. The molecule has 0 bridgehead atoms. The Bertz CT molecular complexity index is 998. The van der Waals surface area contributed by atoms with Crippen molar-refractivity contribution < 1.29 is 22.7 Å². The van der Waals surface area contributed by atoms with Crippen LogP contribution in [0.5, 0.6) is 0 Å². The first-order chi connectivity index (χ1) is 13.4. The van der Waals surface area contributed by atoms with Crippen molar-refractivity contribution in [3.05, 3.63) is 51.7 Å². The molecule has 2 aliphatic heterocycles. The van der Waals surface area contributed by atoms with Gasteiger partial charge in [-0.15, -0.1) is 11.3 Å². The second-order valence-corrected chi connectivity index (χ2v) is 9.81. The number of fused-ring (bicyclic) bond motifs is 1. The van der Waals surface area contributed by atoms with Gasteiger partial charge < -0.3 is 9.64 Å². The third-order valence-electron chi connectivity index (χ3n) is 4.98. The standard InChI is InChI=1S/C19H20N2O5S2/c22-18(20-9-6-17-15(12-20)7-10-27-17)13-26-19(23)14-2-4-16(5-3-14)21-8-1-11-28(21,24)25/h2-5,7,10H,1,6,8-9,11-13H2. The molecule has 1 aromatic heterocycles. The van der Waals surface area contributed by atoms with Crippen LogP contribution in [0, 0.1) is 0 Å². The van der Waals surface area contributed by atoms with Gasteiger partial charge in [-0.25, -0.2) is 13.2 Å². The molecule has 9 heteroatoms. The Hall–Kier alpha value is -2.39. The van der Waals surface area contributed by atoms with Gasteiger partial charge in [-0.1, -0.05) is 0 Å². The highest BCUT2D eigenvalue weighted by Crippen LogP contribution is 2.25. The first kappa shape index (κ1) is 18.9. The van der Waals surface area contributed by atoms with Gasteiger partial charge in [-0.05, 0) is 54.1 Å². The summed E-state index contributed by atoms with van der Waals surface area (Å²) < 4.78 is 30.4. The zero-order valence-electron chi connectivity index (χ0n) is 15.2. The highest BCUT2D eigenvalue weighted by Gasteiger charge is 2.28. The van der Waals surface area contributed by atoms with Gasteiger partial charge in [0.15, 0.2) is 6.61 Å². The lowest BCUT2D eigenvalue weighted by molar-refractivity contribution is -0.135. The maximum atomic E-state index is 12.3. The average molecular weight is 421 g/mol. The van der Waals surface area contributed by atoms with Crippen LogP contribution in [-0.2, 0) is 32.5 Å². The van der Waals surface area contributed by atoms with Crippen molar-refractivity contribution in [3.63, 3.8) is 0 Å². The molecule has 0 N–H and O–H groups in total. The maximum absolute atomic E-state index is 12.3. The smallest absolute Gasteiger partial charge is 0.338 e. The molecule has 148 valence electrons. The van der Waals surface area contributed by atoms with E-state index in [1.54, 1.807) is 28.4 Å². The Morgan fingerprint density at radius 1 is 1.11 bits per heavy atom. The Morgan fingerprint density at radius 3 is 2.61 bits per heavy atom. The van der Waals surface area contributed by atoms with Crippen LogP contribution in [0.2, 0.25) is 0 Å². The van der Waals surface area contributed by atoms with Crippen LogP contribution in [0.1, 0.15) is 27.2 Å². The molecule has 4 rings (SSSR count). The van der Waals surface area contributed by atoms with Gasteiger partial charge in [0.05, 0.1) is 17.0 Å². The van der Waals surface area contributed by atoms with Crippen LogP contribution in [0.3, 0.4) is 0 Å². The minimum Gasteiger partial charge on any atom is -0.452 e. The van der Waals surface area contributed by atoms with Crippen molar-refractivity contribution >= 4 is 38.9 Å². The zero-order chi connectivity index (χ0) is 19.7. The van der Waals surface area contributed by atoms with E-state index in [0.717, 1.165) is 12.0 Å². The zero-order valence-corrected chi connectivity index (χ0v) is 16.8. The summed E-state index contributed by atoms with van der Waals surface area (Å²) in [5, 5.41) is 2.02. The maximum Gasteiger partial charge on any atom is 0.338 e. The highest BCUT2D eigenvalue weighted by molar-refractivity contribution is 7.93. The molecule has 28 heavy (non-hydrogen) atoms. The molecule has 1 saturated heterocycles. The van der Waals surface area contributed by atoms with Crippen molar-refractivity contribution in [1.82, 2.24) is 4.90 Å². The number of anilines is 1. The monoisotopic (exact) mass is 420 g/mol. The number of rotatable bonds is 4. The Balaban J connectivity index is 1.33. The van der Waals surface area contributed by atoms with Gasteiger partial charge in [-0.3, -0.25) is 9.10 Å². The first-order valence-electron chi connectivity index (χ1n) is 9.05. The normalized spacial score (nSPS) is 18.0. The number of benzene rings is 1. The van der Waals surface area contributed by atoms with E-state index in [1.165, 1.54) is 21.3 Å². The molecule has 2 aromatic rings. The summed E-state index contributed by atoms with van der Waals surface area (Å²) in [5.74, 6) is -0.676. The number of amides is 1. The van der Waals surface area contributed by atoms with Gasteiger partial charge in [0, 0.05) is 24.5 Å². The molecular formula is C19H20N2O5S2. The number of esters is 1. The van der Waals surface area contributed by atoms with Gasteiger partial charge in [-0.2, -0.15) is 0 Å². The van der Waals surface area contributed by atoms with Gasteiger partial charge in [0.25, 0.3) is 5.91 Å². The predicted molar refractivity (Wildman–Crippen MR) is 106 cm³/mol. The fourth-order valence-corrected chi connectivity index (χ4v) is 5.91. The van der Waals surface area contributed by atoms with Gasteiger partial charge >= 0.3 is 5.97 Å². The molecule has 0 atom stereocenters. The number of sulfonamides is 1. The van der Waals surface area contributed by atoms with Crippen LogP contribution >= 0.6 is 11.3 Å². The van der Waals surface area contributed by atoms with E-state index in [9.17, 15) is 18.0 Å². The predicted octanol–water partition coefficient (Wildman–Crippen LogP) is 2.03. The number of ether oxygens (including phenoxy) is 1. The molecule has 3 heterocycles. The van der Waals surface area contributed by atoms with Crippen molar-refractivity contribution in [1.29, 1.82) is 0 Å². The van der Waals surface area contributed by atoms with Crippen LogP contribution < -0.4 is 4.31 Å². The van der Waals surface area contributed by atoms with E-state index in [4.69, 9.17) is 4.74 Å². The number of hydrogen-bond donors (Lipinski definition) is 0. The minimum atomic E-state index is -3.26. The highest BCUT2D eigenvalue weighted by atomic mass is 32.2. The van der Waals surface area contributed by atoms with E-state index < -0.39 is 16.0 Å². The van der Waals surface area contributed by atoms with Crippen molar-refractivity contribution in [2.45, 2.75) is 19.4 Å². The van der Waals surface area contributed by atoms with E-state index in [1.807, 2.05) is 11.4 Å². The van der Waals surface area contributed by atoms with E-state index >= 15 is 0 Å². The number of thiophene rings is 1. The number of nitrogens with zero attached hydrogens (tertiary/aromatic N) is 2. The molecule has 0 saturated carbocycles. The molecule has 1 amide bonds. The molecule has 7 nitrogen and oxygen atoms in total. The molecular weight excluding hydrogens is 400 g/mol. The number of carbonyl (C=O) groups excluding carboxylic acids is 2. The largest absolute Gasteiger partial charge is 0.452 e. The molecule has 1 fully saturated rings. The van der Waals surface area contributed by atoms with E-state index in [-0.39, 0.29) is 23.8 Å². The third-order valence-corrected chi connectivity index (χ3v) is 7.87. The first-order valence-corrected chi connectivity index (χ1v) is 11.5. The summed E-state index contributed by atoms with van der Waals surface area (Å²) in [6, 6.07) is 8.24. The average Bonchev–Trinajstić information content (AvgIpc) is 3.30. The quantitative estimate of drug-likeness (QED) is 0.707. The van der Waals surface area contributed by atoms with Crippen LogP contribution in [0.15, 0.2) is 35.7 Å². The summed E-state index contributed by atoms with van der Waals surface area (Å²) >= 11 is 1.70. The van der Waals surface area contributed by atoms with Crippen molar-refractivity contribution in [2.24, 2.45) is 0 Å². The lowest BCUT2D eigenvalue weighted by Crippen LogP contribution is -2.38. The molecule has 0 unspecified atom stereocenters. The lowest BCUT2D eigenvalue weighted by atomic mass is 10.1. The Kier molecular flexibility index (Phi) is 5.11. The summed E-state index contributed by atoms with van der Waals surface area (Å²) in [4.78, 5) is 27.6.